The standard InChI is InChI=1S/C23H29N7O3/c1-12-9-17(29-28-12)24-20-13-7-6-8-16(32-5)19(13)25-21(27-20)30-10-14-15(11-30)18(14)26-22(31)33-23(2,3)4/h6-9,14-15,18H,10-11H2,1-5H3,(H,26,31)(H2,24,25,27,28,29)/t14-,15+,18?. The van der Waals surface area contributed by atoms with Crippen LogP contribution in [0.1, 0.15) is 26.5 Å². The Bertz CT molecular complexity index is 1190. The third-order valence-corrected chi connectivity index (χ3v) is 6.01. The third kappa shape index (κ3) is 4.24. The molecular weight excluding hydrogens is 422 g/mol. The highest BCUT2D eigenvalue weighted by Crippen LogP contribution is 2.47. The fourth-order valence-corrected chi connectivity index (χ4v) is 4.47. The zero-order chi connectivity index (χ0) is 23.3. The summed E-state index contributed by atoms with van der Waals surface area (Å²) in [5.74, 6) is 3.40. The van der Waals surface area contributed by atoms with Crippen LogP contribution in [0.25, 0.3) is 10.9 Å². The number of methoxy groups -OCH3 is 1. The van der Waals surface area contributed by atoms with Crippen molar-refractivity contribution in [2.24, 2.45) is 11.8 Å². The minimum absolute atomic E-state index is 0.135. The third-order valence-electron chi connectivity index (χ3n) is 6.01. The predicted molar refractivity (Wildman–Crippen MR) is 125 cm³/mol. The van der Waals surface area contributed by atoms with Crippen LogP contribution in [0.4, 0.5) is 22.4 Å². The van der Waals surface area contributed by atoms with E-state index in [4.69, 9.17) is 19.4 Å². The first-order valence-electron chi connectivity index (χ1n) is 11.1. The second-order valence-corrected chi connectivity index (χ2v) is 9.69. The fraction of sp³-hybridized carbons (Fsp3) is 0.478. The number of nitrogens with zero attached hydrogens (tertiary/aromatic N) is 4. The van der Waals surface area contributed by atoms with Gasteiger partial charge in [-0.1, -0.05) is 6.07 Å². The SMILES string of the molecule is COc1cccc2c(Nc3cc(C)[nH]n3)nc(N3C[C@@H]4C(NC(=O)OC(C)(C)C)[C@@H]4C3)nc12. The van der Waals surface area contributed by atoms with Crippen molar-refractivity contribution in [1.82, 2.24) is 25.5 Å². The molecule has 10 nitrogen and oxygen atoms in total. The Morgan fingerprint density at radius 1 is 1.21 bits per heavy atom. The van der Waals surface area contributed by atoms with Crippen LogP contribution in [0, 0.1) is 18.8 Å². The maximum atomic E-state index is 12.1. The number of para-hydroxylation sites is 1. The van der Waals surface area contributed by atoms with Crippen LogP contribution in [0.5, 0.6) is 5.75 Å². The van der Waals surface area contributed by atoms with Crippen LogP contribution in [-0.2, 0) is 4.74 Å². The Morgan fingerprint density at radius 3 is 2.61 bits per heavy atom. The lowest BCUT2D eigenvalue weighted by Gasteiger charge is -2.23. The van der Waals surface area contributed by atoms with Crippen LogP contribution in [-0.4, -0.2) is 58.1 Å². The number of carbonyl (C=O) groups is 1. The quantitative estimate of drug-likeness (QED) is 0.541. The molecule has 3 N–H and O–H groups in total. The second-order valence-electron chi connectivity index (χ2n) is 9.69. The normalized spacial score (nSPS) is 21.6. The molecular formula is C23H29N7O3. The number of alkyl carbamates (subject to hydrolysis) is 1. The van der Waals surface area contributed by atoms with Crippen LogP contribution >= 0.6 is 0 Å². The van der Waals surface area contributed by atoms with Crippen molar-refractivity contribution >= 4 is 34.6 Å². The van der Waals surface area contributed by atoms with Crippen molar-refractivity contribution < 1.29 is 14.3 Å². The number of aryl methyl sites for hydroxylation is 1. The van der Waals surface area contributed by atoms with Gasteiger partial charge >= 0.3 is 6.09 Å². The highest BCUT2D eigenvalue weighted by atomic mass is 16.6. The molecule has 5 rings (SSSR count). The number of amides is 1. The highest BCUT2D eigenvalue weighted by Gasteiger charge is 2.57. The van der Waals surface area contributed by atoms with E-state index in [0.29, 0.717) is 35.2 Å². The molecule has 1 saturated carbocycles. The monoisotopic (exact) mass is 451 g/mol. The Labute approximate surface area is 192 Å². The van der Waals surface area contributed by atoms with Gasteiger partial charge in [-0.15, -0.1) is 0 Å². The van der Waals surface area contributed by atoms with Gasteiger partial charge in [0.1, 0.15) is 22.7 Å². The number of benzene rings is 1. The summed E-state index contributed by atoms with van der Waals surface area (Å²) in [6.45, 7) is 9.08. The summed E-state index contributed by atoms with van der Waals surface area (Å²) in [6.07, 6.45) is -0.360. The molecule has 2 aliphatic rings. The number of aromatic amines is 1. The molecule has 3 atom stereocenters. The minimum Gasteiger partial charge on any atom is -0.494 e. The number of aromatic nitrogens is 4. The van der Waals surface area contributed by atoms with E-state index >= 15 is 0 Å². The molecule has 174 valence electrons. The fourth-order valence-electron chi connectivity index (χ4n) is 4.47. The second kappa shape index (κ2) is 7.79. The van der Waals surface area contributed by atoms with Gasteiger partial charge in [0, 0.05) is 48.1 Å². The summed E-state index contributed by atoms with van der Waals surface area (Å²) in [7, 11) is 1.64. The summed E-state index contributed by atoms with van der Waals surface area (Å²) in [4.78, 5) is 24.0. The zero-order valence-corrected chi connectivity index (χ0v) is 19.5. The maximum Gasteiger partial charge on any atom is 0.407 e. The molecule has 0 radical (unpaired) electrons. The zero-order valence-electron chi connectivity index (χ0n) is 19.5. The van der Waals surface area contributed by atoms with Gasteiger partial charge in [-0.05, 0) is 39.8 Å². The summed E-state index contributed by atoms with van der Waals surface area (Å²) >= 11 is 0. The molecule has 1 aromatic carbocycles. The van der Waals surface area contributed by atoms with Crippen molar-refractivity contribution in [3.63, 3.8) is 0 Å². The van der Waals surface area contributed by atoms with E-state index < -0.39 is 5.60 Å². The average molecular weight is 452 g/mol. The van der Waals surface area contributed by atoms with Crippen LogP contribution in [0.15, 0.2) is 24.3 Å². The van der Waals surface area contributed by atoms with E-state index in [9.17, 15) is 4.79 Å². The van der Waals surface area contributed by atoms with Crippen LogP contribution in [0.2, 0.25) is 0 Å². The van der Waals surface area contributed by atoms with Gasteiger partial charge in [-0.3, -0.25) is 5.10 Å². The summed E-state index contributed by atoms with van der Waals surface area (Å²) in [6, 6.07) is 7.83. The first-order chi connectivity index (χ1) is 15.7. The molecule has 0 spiro atoms. The van der Waals surface area contributed by atoms with Gasteiger partial charge < -0.3 is 25.0 Å². The molecule has 33 heavy (non-hydrogen) atoms. The Balaban J connectivity index is 1.37. The summed E-state index contributed by atoms with van der Waals surface area (Å²) in [5.41, 5.74) is 1.19. The van der Waals surface area contributed by atoms with E-state index in [2.05, 4.69) is 25.7 Å². The first kappa shape index (κ1) is 21.3. The lowest BCUT2D eigenvalue weighted by molar-refractivity contribution is 0.0518. The van der Waals surface area contributed by atoms with Gasteiger partial charge in [-0.2, -0.15) is 10.1 Å². The van der Waals surface area contributed by atoms with E-state index in [1.165, 1.54) is 0 Å². The smallest absolute Gasteiger partial charge is 0.407 e. The molecule has 3 heterocycles. The van der Waals surface area contributed by atoms with Crippen molar-refractivity contribution in [2.75, 3.05) is 30.4 Å². The van der Waals surface area contributed by atoms with E-state index in [1.807, 2.05) is 52.0 Å². The number of hydrogen-bond donors (Lipinski definition) is 3. The molecule has 1 amide bonds. The van der Waals surface area contributed by atoms with E-state index in [0.717, 1.165) is 29.7 Å². The van der Waals surface area contributed by atoms with Crippen LogP contribution < -0.4 is 20.3 Å². The molecule has 3 aromatic rings. The molecule has 0 bridgehead atoms. The van der Waals surface area contributed by atoms with Crippen molar-refractivity contribution in [3.05, 3.63) is 30.0 Å². The van der Waals surface area contributed by atoms with E-state index in [1.54, 1.807) is 7.11 Å². The molecule has 1 aliphatic heterocycles. The average Bonchev–Trinajstić information content (AvgIpc) is 3.08. The summed E-state index contributed by atoms with van der Waals surface area (Å²) < 4.78 is 11.0. The molecule has 2 fully saturated rings. The number of anilines is 3. The number of carbonyl (C=O) groups excluding carboxylic acids is 1. The summed E-state index contributed by atoms with van der Waals surface area (Å²) in [5, 5.41) is 14.4. The van der Waals surface area contributed by atoms with Gasteiger partial charge in [0.25, 0.3) is 0 Å². The number of hydrogen-bond acceptors (Lipinski definition) is 8. The Kier molecular flexibility index (Phi) is 5.02. The van der Waals surface area contributed by atoms with Crippen molar-refractivity contribution in [2.45, 2.75) is 39.3 Å². The van der Waals surface area contributed by atoms with Gasteiger partial charge in [-0.25, -0.2) is 9.78 Å². The number of piperidine rings is 1. The van der Waals surface area contributed by atoms with E-state index in [-0.39, 0.29) is 12.1 Å². The topological polar surface area (TPSA) is 117 Å². The largest absolute Gasteiger partial charge is 0.494 e. The first-order valence-corrected chi connectivity index (χ1v) is 11.1. The maximum absolute atomic E-state index is 12.1. The van der Waals surface area contributed by atoms with Crippen LogP contribution in [0.3, 0.4) is 0 Å². The number of fused-ring (bicyclic) bond motifs is 2. The molecule has 1 saturated heterocycles. The number of ether oxygens (including phenoxy) is 2. The Morgan fingerprint density at radius 2 is 1.97 bits per heavy atom. The molecule has 10 heteroatoms. The number of H-pyrrole nitrogens is 1. The number of nitrogens with one attached hydrogen (secondary N) is 3. The molecule has 1 aliphatic carbocycles. The van der Waals surface area contributed by atoms with Crippen molar-refractivity contribution in [1.29, 1.82) is 0 Å². The molecule has 1 unspecified atom stereocenters. The molecule has 2 aromatic heterocycles. The predicted octanol–water partition coefficient (Wildman–Crippen LogP) is 3.37. The number of rotatable bonds is 5. The van der Waals surface area contributed by atoms with Crippen molar-refractivity contribution in [3.8, 4) is 5.75 Å². The highest BCUT2D eigenvalue weighted by molar-refractivity contribution is 5.95. The van der Waals surface area contributed by atoms with Gasteiger partial charge in [0.15, 0.2) is 5.82 Å². The Hall–Kier alpha value is -3.56. The lowest BCUT2D eigenvalue weighted by atomic mass is 10.2. The van der Waals surface area contributed by atoms with Gasteiger partial charge in [0.05, 0.1) is 7.11 Å². The van der Waals surface area contributed by atoms with Gasteiger partial charge in [0.2, 0.25) is 5.95 Å². The lowest BCUT2D eigenvalue weighted by Crippen LogP contribution is -2.38. The minimum atomic E-state index is -0.506.